The van der Waals surface area contributed by atoms with Crippen molar-refractivity contribution in [2.45, 2.75) is 69.0 Å². The summed E-state index contributed by atoms with van der Waals surface area (Å²) in [5.41, 5.74) is 0. The Morgan fingerprint density at radius 1 is 1.04 bits per heavy atom. The van der Waals surface area contributed by atoms with E-state index in [1.807, 2.05) is 4.68 Å². The second kappa shape index (κ2) is 7.42. The van der Waals surface area contributed by atoms with Gasteiger partial charge in [0, 0.05) is 13.1 Å². The predicted molar refractivity (Wildman–Crippen MR) is 92.7 cm³/mol. The van der Waals surface area contributed by atoms with E-state index in [4.69, 9.17) is 0 Å². The number of amides is 1. The molecule has 0 aromatic carbocycles. The van der Waals surface area contributed by atoms with Gasteiger partial charge in [-0.2, -0.15) is 0 Å². The minimum absolute atomic E-state index is 0.255. The van der Waals surface area contributed by atoms with Crippen molar-refractivity contribution >= 4 is 17.7 Å². The summed E-state index contributed by atoms with van der Waals surface area (Å²) in [4.78, 5) is 14.7. The quantitative estimate of drug-likeness (QED) is 0.782. The fourth-order valence-electron chi connectivity index (χ4n) is 4.70. The van der Waals surface area contributed by atoms with Gasteiger partial charge in [-0.1, -0.05) is 43.9 Å². The van der Waals surface area contributed by atoms with Crippen molar-refractivity contribution in [3.8, 4) is 0 Å². The van der Waals surface area contributed by atoms with Crippen LogP contribution in [0.15, 0.2) is 5.16 Å². The largest absolute Gasteiger partial charge is 0.342 e. The maximum absolute atomic E-state index is 12.6. The summed E-state index contributed by atoms with van der Waals surface area (Å²) in [6.07, 6.45) is 11.4. The summed E-state index contributed by atoms with van der Waals surface area (Å²) in [7, 11) is 0. The second-order valence-electron chi connectivity index (χ2n) is 7.57. The Kier molecular flexibility index (Phi) is 5.06. The molecule has 132 valence electrons. The molecule has 1 aromatic rings. The van der Waals surface area contributed by atoms with Crippen LogP contribution in [0.25, 0.3) is 0 Å². The molecule has 0 spiro atoms. The molecule has 1 amide bonds. The van der Waals surface area contributed by atoms with E-state index in [9.17, 15) is 4.79 Å². The first-order chi connectivity index (χ1) is 11.8. The Bertz CT molecular complexity index is 571. The average molecular weight is 350 g/mol. The van der Waals surface area contributed by atoms with E-state index < -0.39 is 0 Å². The molecule has 0 N–H and O–H groups in total. The van der Waals surface area contributed by atoms with Crippen LogP contribution in [-0.2, 0) is 4.79 Å². The number of fused-ring (bicyclic) bond motifs is 1. The van der Waals surface area contributed by atoms with Gasteiger partial charge in [0.15, 0.2) is 0 Å². The minimum atomic E-state index is 0.255. The first-order valence-corrected chi connectivity index (χ1v) is 10.5. The molecule has 1 saturated heterocycles. The molecule has 2 heterocycles. The first kappa shape index (κ1) is 16.4. The highest BCUT2D eigenvalue weighted by Crippen LogP contribution is 2.36. The molecule has 0 unspecified atom stereocenters. The molecule has 0 radical (unpaired) electrons. The van der Waals surface area contributed by atoms with Crippen molar-refractivity contribution in [3.63, 3.8) is 0 Å². The topological polar surface area (TPSA) is 63.9 Å². The number of tetrazole rings is 1. The predicted octanol–water partition coefficient (Wildman–Crippen LogP) is 2.92. The average Bonchev–Trinajstić information content (AvgIpc) is 3.30. The van der Waals surface area contributed by atoms with Gasteiger partial charge in [-0.3, -0.25) is 4.79 Å². The Morgan fingerprint density at radius 2 is 1.79 bits per heavy atom. The van der Waals surface area contributed by atoms with Crippen molar-refractivity contribution in [2.24, 2.45) is 11.8 Å². The van der Waals surface area contributed by atoms with Gasteiger partial charge in [-0.15, -0.1) is 5.10 Å². The molecular weight excluding hydrogens is 322 g/mol. The van der Waals surface area contributed by atoms with Crippen LogP contribution < -0.4 is 0 Å². The van der Waals surface area contributed by atoms with Gasteiger partial charge in [0.25, 0.3) is 0 Å². The first-order valence-electron chi connectivity index (χ1n) is 9.49. The van der Waals surface area contributed by atoms with Crippen molar-refractivity contribution in [1.82, 2.24) is 25.1 Å². The van der Waals surface area contributed by atoms with Gasteiger partial charge in [-0.05, 0) is 47.9 Å². The van der Waals surface area contributed by atoms with Gasteiger partial charge in [0.1, 0.15) is 0 Å². The normalized spacial score (nSPS) is 28.1. The number of carbonyl (C=O) groups excluding carboxylic acids is 1. The van der Waals surface area contributed by atoms with Crippen LogP contribution in [0, 0.1) is 11.8 Å². The monoisotopic (exact) mass is 349 g/mol. The molecule has 1 aromatic heterocycles. The lowest BCUT2D eigenvalue weighted by Crippen LogP contribution is -2.45. The summed E-state index contributed by atoms with van der Waals surface area (Å²) in [6, 6.07) is 0.426. The number of thioether (sulfide) groups is 1. The van der Waals surface area contributed by atoms with Crippen LogP contribution in [0.3, 0.4) is 0 Å². The molecule has 2 atom stereocenters. The fourth-order valence-corrected chi connectivity index (χ4v) is 5.55. The number of piperidine rings is 1. The lowest BCUT2D eigenvalue weighted by atomic mass is 9.75. The van der Waals surface area contributed by atoms with E-state index in [0.29, 0.717) is 11.8 Å². The standard InChI is InChI=1S/C17H27N5OS/c23-16(21-10-9-13-5-1-2-6-14(13)11-21)12-24-17-18-19-20-22(17)15-7-3-4-8-15/h13-15H,1-12H2/t13-,14-/m1/s1. The number of likely N-dealkylation sites (tertiary alicyclic amines) is 1. The van der Waals surface area contributed by atoms with Crippen molar-refractivity contribution in [1.29, 1.82) is 0 Å². The van der Waals surface area contributed by atoms with E-state index in [1.165, 1.54) is 56.7 Å². The van der Waals surface area contributed by atoms with Crippen LogP contribution in [0.4, 0.5) is 0 Å². The number of hydrogen-bond acceptors (Lipinski definition) is 5. The summed E-state index contributed by atoms with van der Waals surface area (Å²) in [6.45, 7) is 1.91. The van der Waals surface area contributed by atoms with Crippen LogP contribution in [0.2, 0.25) is 0 Å². The summed E-state index contributed by atoms with van der Waals surface area (Å²) >= 11 is 1.51. The van der Waals surface area contributed by atoms with Gasteiger partial charge in [0.2, 0.25) is 11.1 Å². The van der Waals surface area contributed by atoms with Gasteiger partial charge in [-0.25, -0.2) is 4.68 Å². The molecular formula is C17H27N5OS. The molecule has 4 rings (SSSR count). The summed E-state index contributed by atoms with van der Waals surface area (Å²) < 4.78 is 1.94. The summed E-state index contributed by atoms with van der Waals surface area (Å²) in [5, 5.41) is 12.9. The van der Waals surface area contributed by atoms with Crippen LogP contribution in [0.1, 0.15) is 63.8 Å². The zero-order valence-electron chi connectivity index (χ0n) is 14.3. The summed E-state index contributed by atoms with van der Waals surface area (Å²) in [5.74, 6) is 2.32. The number of rotatable bonds is 4. The van der Waals surface area contributed by atoms with E-state index in [1.54, 1.807) is 0 Å². The molecule has 2 saturated carbocycles. The fraction of sp³-hybridized carbons (Fsp3) is 0.882. The third-order valence-electron chi connectivity index (χ3n) is 6.10. The van der Waals surface area contributed by atoms with Crippen molar-refractivity contribution in [2.75, 3.05) is 18.8 Å². The number of nitrogens with zero attached hydrogens (tertiary/aromatic N) is 5. The van der Waals surface area contributed by atoms with Crippen LogP contribution >= 0.6 is 11.8 Å². The Balaban J connectivity index is 1.31. The Morgan fingerprint density at radius 3 is 2.62 bits per heavy atom. The van der Waals surface area contributed by atoms with Crippen LogP contribution in [0.5, 0.6) is 0 Å². The van der Waals surface area contributed by atoms with E-state index in [0.717, 1.165) is 42.9 Å². The van der Waals surface area contributed by atoms with Crippen LogP contribution in [-0.4, -0.2) is 49.9 Å². The lowest BCUT2D eigenvalue weighted by molar-refractivity contribution is -0.131. The van der Waals surface area contributed by atoms with Gasteiger partial charge in [0.05, 0.1) is 11.8 Å². The van der Waals surface area contributed by atoms with E-state index in [-0.39, 0.29) is 5.91 Å². The molecule has 7 heteroatoms. The highest BCUT2D eigenvalue weighted by molar-refractivity contribution is 7.99. The molecule has 6 nitrogen and oxygen atoms in total. The SMILES string of the molecule is O=C(CSc1nnnn1C1CCCC1)N1CC[C@H]2CCCC[C@@H]2C1. The molecule has 2 aliphatic carbocycles. The van der Waals surface area contributed by atoms with Gasteiger partial charge >= 0.3 is 0 Å². The molecule has 24 heavy (non-hydrogen) atoms. The van der Waals surface area contributed by atoms with Gasteiger partial charge < -0.3 is 4.90 Å². The van der Waals surface area contributed by atoms with E-state index in [2.05, 4.69) is 20.4 Å². The molecule has 3 aliphatic rings. The highest BCUT2D eigenvalue weighted by Gasteiger charge is 2.33. The Labute approximate surface area is 147 Å². The highest BCUT2D eigenvalue weighted by atomic mass is 32.2. The molecule has 0 bridgehead atoms. The Hall–Kier alpha value is -1.11. The van der Waals surface area contributed by atoms with E-state index >= 15 is 0 Å². The zero-order valence-corrected chi connectivity index (χ0v) is 15.1. The maximum Gasteiger partial charge on any atom is 0.233 e. The second-order valence-corrected chi connectivity index (χ2v) is 8.51. The molecule has 1 aliphatic heterocycles. The number of carbonyl (C=O) groups is 1. The molecule has 3 fully saturated rings. The minimum Gasteiger partial charge on any atom is -0.342 e. The lowest BCUT2D eigenvalue weighted by Gasteiger charge is -2.41. The zero-order chi connectivity index (χ0) is 16.4. The smallest absolute Gasteiger partial charge is 0.233 e. The number of aromatic nitrogens is 4. The third kappa shape index (κ3) is 3.46. The van der Waals surface area contributed by atoms with Crippen molar-refractivity contribution < 1.29 is 4.79 Å². The number of hydrogen-bond donors (Lipinski definition) is 0. The maximum atomic E-state index is 12.6. The third-order valence-corrected chi connectivity index (χ3v) is 7.02. The van der Waals surface area contributed by atoms with Crippen molar-refractivity contribution in [3.05, 3.63) is 0 Å².